The molecule has 1 aliphatic heterocycles. The molecule has 6 heteroatoms. The second-order valence-corrected chi connectivity index (χ2v) is 4.39. The molecule has 4 nitrogen and oxygen atoms in total. The fraction of sp³-hybridized carbons (Fsp3) is 0.462. The topological polar surface area (TPSA) is 49.8 Å². The van der Waals surface area contributed by atoms with Gasteiger partial charge in [-0.25, -0.2) is 8.78 Å². The maximum Gasteiger partial charge on any atom is 0.227 e. The van der Waals surface area contributed by atoms with Crippen molar-refractivity contribution in [2.24, 2.45) is 0 Å². The van der Waals surface area contributed by atoms with E-state index in [4.69, 9.17) is 9.84 Å². The fourth-order valence-corrected chi connectivity index (χ4v) is 2.08. The van der Waals surface area contributed by atoms with Gasteiger partial charge in [0.1, 0.15) is 0 Å². The van der Waals surface area contributed by atoms with E-state index >= 15 is 0 Å². The van der Waals surface area contributed by atoms with Gasteiger partial charge in [0.25, 0.3) is 0 Å². The maximum absolute atomic E-state index is 13.5. The lowest BCUT2D eigenvalue weighted by molar-refractivity contribution is -0.140. The van der Waals surface area contributed by atoms with Crippen molar-refractivity contribution >= 4 is 5.91 Å². The van der Waals surface area contributed by atoms with Crippen molar-refractivity contribution < 1.29 is 23.4 Å². The van der Waals surface area contributed by atoms with Crippen molar-refractivity contribution in [1.82, 2.24) is 4.90 Å². The molecule has 1 heterocycles. The van der Waals surface area contributed by atoms with E-state index < -0.39 is 17.7 Å². The Bertz CT molecular complexity index is 467. The Morgan fingerprint density at radius 3 is 3.00 bits per heavy atom. The van der Waals surface area contributed by atoms with E-state index in [-0.39, 0.29) is 31.1 Å². The summed E-state index contributed by atoms with van der Waals surface area (Å²) >= 11 is 0. The Morgan fingerprint density at radius 2 is 2.26 bits per heavy atom. The molecule has 0 radical (unpaired) electrons. The van der Waals surface area contributed by atoms with Gasteiger partial charge < -0.3 is 14.7 Å². The van der Waals surface area contributed by atoms with E-state index in [0.29, 0.717) is 13.2 Å². The van der Waals surface area contributed by atoms with Gasteiger partial charge in [0.15, 0.2) is 11.6 Å². The lowest BCUT2D eigenvalue weighted by Crippen LogP contribution is -2.51. The number of carbonyl (C=O) groups excluding carboxylic acids is 1. The number of carbonyl (C=O) groups is 1. The molecule has 0 aliphatic carbocycles. The van der Waals surface area contributed by atoms with Crippen molar-refractivity contribution in [3.8, 4) is 0 Å². The van der Waals surface area contributed by atoms with Crippen LogP contribution in [0.2, 0.25) is 0 Å². The Kier molecular flexibility index (Phi) is 4.44. The van der Waals surface area contributed by atoms with Crippen molar-refractivity contribution in [1.29, 1.82) is 0 Å². The molecule has 1 aromatic rings. The predicted octanol–water partition coefficient (Wildman–Crippen LogP) is 0.727. The zero-order chi connectivity index (χ0) is 13.8. The van der Waals surface area contributed by atoms with E-state index in [0.717, 1.165) is 6.07 Å². The smallest absolute Gasteiger partial charge is 0.227 e. The van der Waals surface area contributed by atoms with Crippen molar-refractivity contribution in [2.45, 2.75) is 12.5 Å². The van der Waals surface area contributed by atoms with E-state index in [2.05, 4.69) is 0 Å². The van der Waals surface area contributed by atoms with Crippen LogP contribution in [0.4, 0.5) is 8.78 Å². The van der Waals surface area contributed by atoms with Crippen molar-refractivity contribution in [3.63, 3.8) is 0 Å². The molecule has 0 saturated carbocycles. The second-order valence-electron chi connectivity index (χ2n) is 4.39. The van der Waals surface area contributed by atoms with Crippen LogP contribution in [0, 0.1) is 11.6 Å². The first-order valence-corrected chi connectivity index (χ1v) is 6.04. The molecule has 1 fully saturated rings. The van der Waals surface area contributed by atoms with Gasteiger partial charge in [0.05, 0.1) is 32.3 Å². The predicted molar refractivity (Wildman–Crippen MR) is 63.5 cm³/mol. The summed E-state index contributed by atoms with van der Waals surface area (Å²) in [6.07, 6.45) is -0.222. The first-order valence-electron chi connectivity index (χ1n) is 6.04. The molecular formula is C13H15F2NO3. The maximum atomic E-state index is 13.5. The van der Waals surface area contributed by atoms with Crippen molar-refractivity contribution in [3.05, 3.63) is 35.4 Å². The Hall–Kier alpha value is -1.53. The minimum Gasteiger partial charge on any atom is -0.394 e. The number of amides is 1. The number of nitrogens with zero attached hydrogens (tertiary/aromatic N) is 1. The monoisotopic (exact) mass is 271 g/mol. The molecule has 1 aliphatic rings. The zero-order valence-electron chi connectivity index (χ0n) is 10.3. The van der Waals surface area contributed by atoms with Crippen LogP contribution >= 0.6 is 0 Å². The van der Waals surface area contributed by atoms with Gasteiger partial charge >= 0.3 is 0 Å². The SMILES string of the molecule is O=C(Cc1cccc(F)c1F)N1CCOCC1CO. The number of halogens is 2. The van der Waals surface area contributed by atoms with E-state index in [1.165, 1.54) is 17.0 Å². The zero-order valence-corrected chi connectivity index (χ0v) is 10.3. The van der Waals surface area contributed by atoms with Gasteiger partial charge in [-0.3, -0.25) is 4.79 Å². The van der Waals surface area contributed by atoms with Gasteiger partial charge in [-0.1, -0.05) is 12.1 Å². The summed E-state index contributed by atoms with van der Waals surface area (Å²) in [5, 5.41) is 9.17. The van der Waals surface area contributed by atoms with Gasteiger partial charge in [-0.15, -0.1) is 0 Å². The molecule has 1 aromatic carbocycles. The van der Waals surface area contributed by atoms with E-state index in [9.17, 15) is 13.6 Å². The first-order chi connectivity index (χ1) is 9.13. The number of benzene rings is 1. The number of hydrogen-bond donors (Lipinski definition) is 1. The molecule has 1 N–H and O–H groups in total. The number of aliphatic hydroxyl groups excluding tert-OH is 1. The molecule has 1 unspecified atom stereocenters. The van der Waals surface area contributed by atoms with Crippen LogP contribution < -0.4 is 0 Å². The Balaban J connectivity index is 2.09. The third-order valence-corrected chi connectivity index (χ3v) is 3.13. The number of ether oxygens (including phenoxy) is 1. The average molecular weight is 271 g/mol. The Morgan fingerprint density at radius 1 is 1.47 bits per heavy atom. The summed E-state index contributed by atoms with van der Waals surface area (Å²) in [5.41, 5.74) is 0.0215. The molecule has 0 bridgehead atoms. The van der Waals surface area contributed by atoms with Crippen LogP contribution in [0.25, 0.3) is 0 Å². The molecule has 104 valence electrons. The van der Waals surface area contributed by atoms with Gasteiger partial charge in [0.2, 0.25) is 5.91 Å². The van der Waals surface area contributed by atoms with E-state index in [1.54, 1.807) is 0 Å². The molecule has 1 saturated heterocycles. The highest BCUT2D eigenvalue weighted by Crippen LogP contribution is 2.15. The number of hydrogen-bond acceptors (Lipinski definition) is 3. The molecule has 1 amide bonds. The molecule has 19 heavy (non-hydrogen) atoms. The van der Waals surface area contributed by atoms with Crippen LogP contribution in [-0.4, -0.2) is 48.3 Å². The molecule has 0 aromatic heterocycles. The molecular weight excluding hydrogens is 256 g/mol. The van der Waals surface area contributed by atoms with Crippen LogP contribution in [-0.2, 0) is 16.0 Å². The van der Waals surface area contributed by atoms with Crippen LogP contribution in [0.15, 0.2) is 18.2 Å². The highest BCUT2D eigenvalue weighted by molar-refractivity contribution is 5.79. The summed E-state index contributed by atoms with van der Waals surface area (Å²) in [5.74, 6) is -2.30. The second kappa shape index (κ2) is 6.08. The van der Waals surface area contributed by atoms with Crippen molar-refractivity contribution in [2.75, 3.05) is 26.4 Å². The van der Waals surface area contributed by atoms with Gasteiger partial charge in [-0.05, 0) is 6.07 Å². The van der Waals surface area contributed by atoms with Crippen LogP contribution in [0.1, 0.15) is 5.56 Å². The fourth-order valence-electron chi connectivity index (χ4n) is 2.08. The summed E-state index contributed by atoms with van der Waals surface area (Å²) in [4.78, 5) is 13.5. The van der Waals surface area contributed by atoms with Gasteiger partial charge in [-0.2, -0.15) is 0 Å². The minimum absolute atomic E-state index is 0.0215. The first kappa shape index (κ1) is 13.9. The van der Waals surface area contributed by atoms with Crippen LogP contribution in [0.3, 0.4) is 0 Å². The largest absolute Gasteiger partial charge is 0.394 e. The third kappa shape index (κ3) is 3.08. The average Bonchev–Trinajstić information content (AvgIpc) is 2.43. The lowest BCUT2D eigenvalue weighted by atomic mass is 10.1. The molecule has 2 rings (SSSR count). The standard InChI is InChI=1S/C13H15F2NO3/c14-11-3-1-2-9(13(11)15)6-12(18)16-4-5-19-8-10(16)7-17/h1-3,10,17H,4-8H2. The summed E-state index contributed by atoms with van der Waals surface area (Å²) in [7, 11) is 0. The quantitative estimate of drug-likeness (QED) is 0.881. The summed E-state index contributed by atoms with van der Waals surface area (Å²) < 4.78 is 31.7. The Labute approximate surface area is 109 Å². The normalized spacial score (nSPS) is 19.5. The molecule has 1 atom stereocenters. The summed E-state index contributed by atoms with van der Waals surface area (Å²) in [6, 6.07) is 3.33. The number of aliphatic hydroxyl groups is 1. The lowest BCUT2D eigenvalue weighted by Gasteiger charge is -2.34. The highest BCUT2D eigenvalue weighted by Gasteiger charge is 2.27. The third-order valence-electron chi connectivity index (χ3n) is 3.13. The van der Waals surface area contributed by atoms with Crippen LogP contribution in [0.5, 0.6) is 0 Å². The minimum atomic E-state index is -0.996. The molecule has 0 spiro atoms. The number of rotatable bonds is 3. The highest BCUT2D eigenvalue weighted by atomic mass is 19.2. The summed E-state index contributed by atoms with van der Waals surface area (Å²) in [6.45, 7) is 0.778. The van der Waals surface area contributed by atoms with Gasteiger partial charge in [0, 0.05) is 12.1 Å². The van der Waals surface area contributed by atoms with E-state index in [1.807, 2.05) is 0 Å². The number of morpholine rings is 1.